The van der Waals surface area contributed by atoms with Crippen LogP contribution in [0.15, 0.2) is 109 Å². The number of nitrogens with one attached hydrogen (secondary N) is 2. The third kappa shape index (κ3) is 4.50. The van der Waals surface area contributed by atoms with Crippen molar-refractivity contribution in [3.63, 3.8) is 0 Å². The molecule has 2 atom stereocenters. The second-order valence-electron chi connectivity index (χ2n) is 11.5. The van der Waals surface area contributed by atoms with Crippen molar-refractivity contribution in [3.8, 4) is 0 Å². The van der Waals surface area contributed by atoms with Gasteiger partial charge in [0.15, 0.2) is 12.4 Å². The molecule has 0 radical (unpaired) electrons. The second-order valence-corrected chi connectivity index (χ2v) is 11.5. The van der Waals surface area contributed by atoms with Gasteiger partial charge in [0, 0.05) is 33.4 Å². The molecule has 5 aromatic rings. The van der Waals surface area contributed by atoms with Crippen LogP contribution in [0, 0.1) is 27.7 Å². The van der Waals surface area contributed by atoms with Gasteiger partial charge in [-0.25, -0.2) is 0 Å². The Bertz CT molecular complexity index is 1720. The maximum atomic E-state index is 3.88. The van der Waals surface area contributed by atoms with Gasteiger partial charge in [-0.1, -0.05) is 78.9 Å². The lowest BCUT2D eigenvalue weighted by Gasteiger charge is -2.27. The van der Waals surface area contributed by atoms with Gasteiger partial charge in [0.2, 0.25) is 11.4 Å². The van der Waals surface area contributed by atoms with E-state index >= 15 is 0 Å². The molecule has 4 heteroatoms. The van der Waals surface area contributed by atoms with E-state index in [0.29, 0.717) is 0 Å². The first kappa shape index (κ1) is 26.0. The molecular formula is C38H36N4+2. The monoisotopic (exact) mass is 548 g/mol. The molecule has 42 heavy (non-hydrogen) atoms. The maximum absolute atomic E-state index is 3.88. The number of fused-ring (bicyclic) bond motifs is 2. The fraction of sp³-hybridized carbons (Fsp3) is 0.158. The van der Waals surface area contributed by atoms with Crippen LogP contribution < -0.4 is 10.6 Å². The summed E-state index contributed by atoms with van der Waals surface area (Å²) in [6.07, 6.45) is 4.47. The van der Waals surface area contributed by atoms with Gasteiger partial charge in [-0.2, -0.15) is 9.15 Å². The fourth-order valence-corrected chi connectivity index (χ4v) is 6.56. The van der Waals surface area contributed by atoms with Crippen LogP contribution in [0.25, 0.3) is 0 Å². The number of para-hydroxylation sites is 4. The average molecular weight is 549 g/mol. The zero-order valence-electron chi connectivity index (χ0n) is 24.6. The summed E-state index contributed by atoms with van der Waals surface area (Å²) in [6, 6.07) is 39.2. The highest BCUT2D eigenvalue weighted by Gasteiger charge is 2.36. The molecule has 0 amide bonds. The standard InChI is InChI=1S/C38H34N4/c1-25-12-9-13-26(2)35(25)41-23-31-16-5-7-20-33(31)39-37(41)29-18-11-19-30(22-29)38-40-34-21-8-6-17-32(34)24-42(38)36-27(3)14-10-15-28(36)4/h5-24,37-38H,1-4H3/p+2. The number of hydrogen-bond donors (Lipinski definition) is 2. The molecule has 2 N–H and O–H groups in total. The summed E-state index contributed by atoms with van der Waals surface area (Å²) in [7, 11) is 0. The predicted molar refractivity (Wildman–Crippen MR) is 174 cm³/mol. The zero-order valence-corrected chi connectivity index (χ0v) is 24.6. The summed E-state index contributed by atoms with van der Waals surface area (Å²) < 4.78 is 4.82. The van der Waals surface area contributed by atoms with E-state index in [9.17, 15) is 0 Å². The second kappa shape index (κ2) is 10.5. The largest absolute Gasteiger partial charge is 0.323 e. The minimum absolute atomic E-state index is 0.0619. The Morgan fingerprint density at radius 1 is 0.452 bits per heavy atom. The molecule has 0 aromatic heterocycles. The zero-order chi connectivity index (χ0) is 28.8. The lowest BCUT2D eigenvalue weighted by atomic mass is 9.99. The van der Waals surface area contributed by atoms with Gasteiger partial charge in [0.1, 0.15) is 0 Å². The molecule has 7 rings (SSSR count). The first-order valence-corrected chi connectivity index (χ1v) is 14.7. The van der Waals surface area contributed by atoms with Crippen molar-refractivity contribution >= 4 is 35.2 Å². The van der Waals surface area contributed by atoms with Crippen LogP contribution in [-0.4, -0.2) is 21.6 Å². The van der Waals surface area contributed by atoms with Crippen molar-refractivity contribution in [2.75, 3.05) is 10.6 Å². The van der Waals surface area contributed by atoms with Crippen molar-refractivity contribution in [1.29, 1.82) is 0 Å². The SMILES string of the molecule is Cc1cccc(C)c1[N+]1=Cc2ccccc2NC1c1cccc(C2Nc3ccccc3C=[N+]2c2c(C)cccc2C)c1. The molecule has 206 valence electrons. The topological polar surface area (TPSA) is 30.1 Å². The fourth-order valence-electron chi connectivity index (χ4n) is 6.56. The van der Waals surface area contributed by atoms with Crippen LogP contribution in [0.3, 0.4) is 0 Å². The number of benzene rings is 5. The first-order valence-electron chi connectivity index (χ1n) is 14.7. The summed E-state index contributed by atoms with van der Waals surface area (Å²) in [5.41, 5.74) is 14.6. The number of aryl methyl sites for hydroxylation is 4. The van der Waals surface area contributed by atoms with Crippen LogP contribution in [0.1, 0.15) is 56.8 Å². The van der Waals surface area contributed by atoms with E-state index in [-0.39, 0.29) is 12.3 Å². The number of nitrogens with zero attached hydrogens (tertiary/aromatic N) is 2. The average Bonchev–Trinajstić information content (AvgIpc) is 3.00. The van der Waals surface area contributed by atoms with Gasteiger partial charge in [-0.15, -0.1) is 0 Å². The van der Waals surface area contributed by atoms with Gasteiger partial charge < -0.3 is 10.6 Å². The van der Waals surface area contributed by atoms with E-state index in [1.165, 1.54) is 55.9 Å². The van der Waals surface area contributed by atoms with E-state index in [2.05, 4.69) is 169 Å². The van der Waals surface area contributed by atoms with E-state index < -0.39 is 0 Å². The van der Waals surface area contributed by atoms with Crippen molar-refractivity contribution in [1.82, 2.24) is 0 Å². The van der Waals surface area contributed by atoms with Crippen molar-refractivity contribution in [2.45, 2.75) is 40.0 Å². The van der Waals surface area contributed by atoms with E-state index in [4.69, 9.17) is 0 Å². The summed E-state index contributed by atoms with van der Waals surface area (Å²) in [5, 5.41) is 7.75. The van der Waals surface area contributed by atoms with Crippen molar-refractivity contribution < 1.29 is 9.15 Å². The Hall–Kier alpha value is -4.96. The Labute approximate surface area is 248 Å². The molecule has 0 fully saturated rings. The van der Waals surface area contributed by atoms with E-state index in [1.54, 1.807) is 0 Å². The van der Waals surface area contributed by atoms with Crippen LogP contribution >= 0.6 is 0 Å². The number of anilines is 2. The highest BCUT2D eigenvalue weighted by atomic mass is 15.2. The lowest BCUT2D eigenvalue weighted by molar-refractivity contribution is -0.482. The van der Waals surface area contributed by atoms with Crippen molar-refractivity contribution in [2.24, 2.45) is 0 Å². The van der Waals surface area contributed by atoms with Gasteiger partial charge in [0.25, 0.3) is 12.3 Å². The van der Waals surface area contributed by atoms with Crippen LogP contribution in [0.4, 0.5) is 22.7 Å². The molecule has 0 saturated carbocycles. The van der Waals surface area contributed by atoms with Crippen LogP contribution in [0.5, 0.6) is 0 Å². The third-order valence-electron chi connectivity index (χ3n) is 8.56. The minimum atomic E-state index is -0.0619. The molecule has 0 spiro atoms. The lowest BCUT2D eigenvalue weighted by Crippen LogP contribution is -2.31. The molecule has 0 bridgehead atoms. The van der Waals surface area contributed by atoms with E-state index in [1.807, 2.05) is 0 Å². The van der Waals surface area contributed by atoms with E-state index in [0.717, 1.165) is 11.4 Å². The smallest absolute Gasteiger partial charge is 0.258 e. The number of hydrogen-bond acceptors (Lipinski definition) is 2. The molecule has 2 unspecified atom stereocenters. The number of rotatable bonds is 4. The van der Waals surface area contributed by atoms with Gasteiger partial charge >= 0.3 is 0 Å². The highest BCUT2D eigenvalue weighted by molar-refractivity contribution is 5.88. The minimum Gasteiger partial charge on any atom is -0.323 e. The Balaban J connectivity index is 1.37. The molecule has 2 aliphatic rings. The molecule has 0 aliphatic carbocycles. The summed E-state index contributed by atoms with van der Waals surface area (Å²) in [6.45, 7) is 8.80. The highest BCUT2D eigenvalue weighted by Crippen LogP contribution is 2.38. The van der Waals surface area contributed by atoms with Gasteiger partial charge in [-0.3, -0.25) is 0 Å². The normalized spacial score (nSPS) is 17.2. The maximum Gasteiger partial charge on any atom is 0.258 e. The predicted octanol–water partition coefficient (Wildman–Crippen LogP) is 8.70. The third-order valence-corrected chi connectivity index (χ3v) is 8.56. The molecule has 0 saturated heterocycles. The van der Waals surface area contributed by atoms with Crippen LogP contribution in [0.2, 0.25) is 0 Å². The molecule has 2 heterocycles. The molecular weight excluding hydrogens is 512 g/mol. The Morgan fingerprint density at radius 2 is 0.833 bits per heavy atom. The molecule has 5 aromatic carbocycles. The quantitative estimate of drug-likeness (QED) is 0.220. The Kier molecular flexibility index (Phi) is 6.47. The van der Waals surface area contributed by atoms with Crippen molar-refractivity contribution in [3.05, 3.63) is 154 Å². The summed E-state index contributed by atoms with van der Waals surface area (Å²) >= 11 is 0. The summed E-state index contributed by atoms with van der Waals surface area (Å²) in [4.78, 5) is 0. The molecule has 2 aliphatic heterocycles. The van der Waals surface area contributed by atoms with Gasteiger partial charge in [-0.05, 0) is 58.0 Å². The molecule has 4 nitrogen and oxygen atoms in total. The summed E-state index contributed by atoms with van der Waals surface area (Å²) in [5.74, 6) is 0. The van der Waals surface area contributed by atoms with Crippen LogP contribution in [-0.2, 0) is 0 Å². The Morgan fingerprint density at radius 3 is 1.26 bits per heavy atom. The first-order chi connectivity index (χ1) is 20.5. The van der Waals surface area contributed by atoms with Gasteiger partial charge in [0.05, 0.1) is 22.5 Å².